The Morgan fingerprint density at radius 3 is 2.18 bits per heavy atom. The third-order valence-electron chi connectivity index (χ3n) is 5.96. The van der Waals surface area contributed by atoms with E-state index in [0.717, 1.165) is 33.2 Å². The number of hydrogen-bond acceptors (Lipinski definition) is 4. The zero-order valence-electron chi connectivity index (χ0n) is 16.5. The average Bonchev–Trinajstić information content (AvgIpc) is 3.12. The highest BCUT2D eigenvalue weighted by atomic mass is 16.7. The number of nitrogens with zero attached hydrogens (tertiary/aromatic N) is 3. The summed E-state index contributed by atoms with van der Waals surface area (Å²) in [6, 6.07) is 16.3. The average molecular weight is 371 g/mol. The van der Waals surface area contributed by atoms with Gasteiger partial charge in [0, 0.05) is 23.5 Å². The van der Waals surface area contributed by atoms with E-state index in [1.807, 2.05) is 24.5 Å². The smallest absolute Gasteiger partial charge is 0.399 e. The van der Waals surface area contributed by atoms with E-state index in [4.69, 9.17) is 9.31 Å². The predicted molar refractivity (Wildman–Crippen MR) is 112 cm³/mol. The lowest BCUT2D eigenvalue weighted by atomic mass is 9.79. The van der Waals surface area contributed by atoms with Crippen LogP contribution >= 0.6 is 0 Å². The minimum Gasteiger partial charge on any atom is -0.399 e. The van der Waals surface area contributed by atoms with Crippen LogP contribution in [0.4, 0.5) is 0 Å². The molecule has 5 nitrogen and oxygen atoms in total. The van der Waals surface area contributed by atoms with Gasteiger partial charge in [0.15, 0.2) is 0 Å². The summed E-state index contributed by atoms with van der Waals surface area (Å²) in [5, 5.41) is 1.05. The Bertz CT molecular complexity index is 1110. The summed E-state index contributed by atoms with van der Waals surface area (Å²) in [6.07, 6.45) is 3.64. The first-order valence-corrected chi connectivity index (χ1v) is 9.53. The molecule has 4 heterocycles. The lowest BCUT2D eigenvalue weighted by Gasteiger charge is -2.32. The van der Waals surface area contributed by atoms with Crippen molar-refractivity contribution in [1.82, 2.24) is 14.5 Å². The third-order valence-corrected chi connectivity index (χ3v) is 5.96. The number of rotatable bonds is 2. The number of fused-ring (bicyclic) bond motifs is 3. The van der Waals surface area contributed by atoms with Crippen molar-refractivity contribution in [3.05, 3.63) is 60.9 Å². The number of pyridine rings is 2. The van der Waals surface area contributed by atoms with E-state index in [2.05, 4.69) is 78.6 Å². The standard InChI is InChI=1S/C22H22BN3O2/c1-21(2)22(3,4)28-23(27-21)15-9-11-16(12-10-15)26-18-8-6-13-24-19(18)17-7-5-14-25-20(17)26/h5-14H,1-4H3. The van der Waals surface area contributed by atoms with Gasteiger partial charge in [0.05, 0.1) is 22.2 Å². The molecule has 1 fully saturated rings. The summed E-state index contributed by atoms with van der Waals surface area (Å²) in [6.45, 7) is 8.27. The first-order valence-electron chi connectivity index (χ1n) is 9.53. The second-order valence-corrected chi connectivity index (χ2v) is 8.26. The Balaban J connectivity index is 1.59. The molecule has 0 N–H and O–H groups in total. The molecule has 0 aliphatic carbocycles. The lowest BCUT2D eigenvalue weighted by molar-refractivity contribution is 0.00578. The maximum absolute atomic E-state index is 6.17. The van der Waals surface area contributed by atoms with E-state index in [9.17, 15) is 0 Å². The zero-order chi connectivity index (χ0) is 19.5. The van der Waals surface area contributed by atoms with Gasteiger partial charge in [0.2, 0.25) is 0 Å². The molecule has 1 aliphatic rings. The molecule has 1 saturated heterocycles. The Labute approximate surface area is 164 Å². The van der Waals surface area contributed by atoms with Crippen molar-refractivity contribution in [3.63, 3.8) is 0 Å². The van der Waals surface area contributed by atoms with Crippen molar-refractivity contribution in [2.45, 2.75) is 38.9 Å². The van der Waals surface area contributed by atoms with E-state index in [1.165, 1.54) is 0 Å². The van der Waals surface area contributed by atoms with Crippen LogP contribution < -0.4 is 5.46 Å². The number of hydrogen-bond donors (Lipinski definition) is 0. The van der Waals surface area contributed by atoms with Gasteiger partial charge in [-0.3, -0.25) is 9.55 Å². The van der Waals surface area contributed by atoms with Crippen molar-refractivity contribution in [1.29, 1.82) is 0 Å². The van der Waals surface area contributed by atoms with Crippen LogP contribution in [0, 0.1) is 0 Å². The van der Waals surface area contributed by atoms with Gasteiger partial charge in [-0.05, 0) is 69.6 Å². The minimum atomic E-state index is -0.364. The van der Waals surface area contributed by atoms with E-state index in [-0.39, 0.29) is 18.3 Å². The fourth-order valence-electron chi connectivity index (χ4n) is 3.68. The molecule has 1 aromatic carbocycles. The van der Waals surface area contributed by atoms with E-state index < -0.39 is 0 Å². The summed E-state index contributed by atoms with van der Waals surface area (Å²) in [7, 11) is -0.364. The van der Waals surface area contributed by atoms with Gasteiger partial charge in [-0.15, -0.1) is 0 Å². The monoisotopic (exact) mass is 371 g/mol. The highest BCUT2D eigenvalue weighted by molar-refractivity contribution is 6.62. The third kappa shape index (κ3) is 2.49. The molecule has 0 unspecified atom stereocenters. The van der Waals surface area contributed by atoms with Crippen molar-refractivity contribution in [2.75, 3.05) is 0 Å². The van der Waals surface area contributed by atoms with E-state index in [0.29, 0.717) is 0 Å². The second kappa shape index (κ2) is 5.90. The number of aromatic nitrogens is 3. The normalized spacial score (nSPS) is 18.2. The van der Waals surface area contributed by atoms with Crippen LogP contribution in [0.5, 0.6) is 0 Å². The van der Waals surface area contributed by atoms with Crippen molar-refractivity contribution in [2.24, 2.45) is 0 Å². The molecule has 28 heavy (non-hydrogen) atoms. The summed E-state index contributed by atoms with van der Waals surface area (Å²) in [5.74, 6) is 0. The molecule has 0 saturated carbocycles. The van der Waals surface area contributed by atoms with Crippen LogP contribution in [0.25, 0.3) is 27.8 Å². The van der Waals surface area contributed by atoms with E-state index >= 15 is 0 Å². The lowest BCUT2D eigenvalue weighted by Crippen LogP contribution is -2.41. The molecule has 0 atom stereocenters. The second-order valence-electron chi connectivity index (χ2n) is 8.26. The maximum atomic E-state index is 6.17. The topological polar surface area (TPSA) is 49.2 Å². The first-order chi connectivity index (χ1) is 13.4. The van der Waals surface area contributed by atoms with Gasteiger partial charge in [-0.1, -0.05) is 12.1 Å². The van der Waals surface area contributed by atoms with Gasteiger partial charge >= 0.3 is 7.12 Å². The quantitative estimate of drug-likeness (QED) is 0.502. The highest BCUT2D eigenvalue weighted by Crippen LogP contribution is 2.36. The molecule has 4 aromatic rings. The van der Waals surface area contributed by atoms with Crippen LogP contribution in [0.1, 0.15) is 27.7 Å². The molecule has 0 amide bonds. The Kier molecular flexibility index (Phi) is 3.67. The zero-order valence-corrected chi connectivity index (χ0v) is 16.5. The van der Waals surface area contributed by atoms with Crippen molar-refractivity contribution in [3.8, 4) is 5.69 Å². The minimum absolute atomic E-state index is 0.348. The largest absolute Gasteiger partial charge is 0.494 e. The molecule has 1 aliphatic heterocycles. The molecule has 5 rings (SSSR count). The summed E-state index contributed by atoms with van der Waals surface area (Å²) >= 11 is 0. The van der Waals surface area contributed by atoms with Gasteiger partial charge < -0.3 is 9.31 Å². The van der Waals surface area contributed by atoms with Crippen LogP contribution in [0.15, 0.2) is 60.9 Å². The van der Waals surface area contributed by atoms with Gasteiger partial charge in [0.1, 0.15) is 5.65 Å². The van der Waals surface area contributed by atoms with Gasteiger partial charge in [-0.25, -0.2) is 4.98 Å². The fraction of sp³-hybridized carbons (Fsp3) is 0.273. The van der Waals surface area contributed by atoms with Crippen molar-refractivity contribution >= 4 is 34.6 Å². The molecule has 0 bridgehead atoms. The molecular weight excluding hydrogens is 349 g/mol. The molecule has 0 radical (unpaired) electrons. The Morgan fingerprint density at radius 1 is 0.821 bits per heavy atom. The summed E-state index contributed by atoms with van der Waals surface area (Å²) in [4.78, 5) is 9.17. The van der Waals surface area contributed by atoms with Crippen molar-refractivity contribution < 1.29 is 9.31 Å². The number of benzene rings is 1. The molecule has 140 valence electrons. The van der Waals surface area contributed by atoms with Gasteiger partial charge in [-0.2, -0.15) is 0 Å². The highest BCUT2D eigenvalue weighted by Gasteiger charge is 2.51. The SMILES string of the molecule is CC1(C)OB(c2ccc(-n3c4cccnc4c4cccnc43)cc2)OC1(C)C. The molecule has 6 heteroatoms. The predicted octanol–water partition coefficient (Wildman–Crippen LogP) is 3.87. The molecular formula is C22H22BN3O2. The Hall–Kier alpha value is -2.70. The van der Waals surface area contributed by atoms with Crippen LogP contribution in [-0.2, 0) is 9.31 Å². The summed E-state index contributed by atoms with van der Waals surface area (Å²) in [5.41, 5.74) is 4.25. The fourth-order valence-corrected chi connectivity index (χ4v) is 3.68. The van der Waals surface area contributed by atoms with Gasteiger partial charge in [0.25, 0.3) is 0 Å². The Morgan fingerprint density at radius 2 is 1.46 bits per heavy atom. The summed E-state index contributed by atoms with van der Waals surface area (Å²) < 4.78 is 14.5. The maximum Gasteiger partial charge on any atom is 0.494 e. The van der Waals surface area contributed by atoms with Crippen LogP contribution in [-0.4, -0.2) is 32.9 Å². The first kappa shape index (κ1) is 17.4. The van der Waals surface area contributed by atoms with E-state index in [1.54, 1.807) is 0 Å². The van der Waals surface area contributed by atoms with Crippen LogP contribution in [0.3, 0.4) is 0 Å². The molecule has 3 aromatic heterocycles. The molecule has 0 spiro atoms. The van der Waals surface area contributed by atoms with Crippen LogP contribution in [0.2, 0.25) is 0 Å².